The third kappa shape index (κ3) is 6.79. The van der Waals surface area contributed by atoms with Crippen molar-refractivity contribution in [1.29, 1.82) is 5.26 Å². The van der Waals surface area contributed by atoms with Gasteiger partial charge in [-0.2, -0.15) is 5.26 Å². The van der Waals surface area contributed by atoms with Crippen molar-refractivity contribution in [1.82, 2.24) is 0 Å². The summed E-state index contributed by atoms with van der Waals surface area (Å²) < 4.78 is 11.8. The van der Waals surface area contributed by atoms with Crippen LogP contribution in [0.5, 0.6) is 0 Å². The molecule has 3 nitrogen and oxygen atoms in total. The molecule has 0 aliphatic carbocycles. The molecule has 0 heterocycles. The van der Waals surface area contributed by atoms with Crippen molar-refractivity contribution in [3.8, 4) is 6.07 Å². The van der Waals surface area contributed by atoms with Gasteiger partial charge in [-0.1, -0.05) is 57.7 Å². The van der Waals surface area contributed by atoms with E-state index in [1.165, 1.54) is 12.8 Å². The Balaban J connectivity index is 2.63. The Labute approximate surface area is 129 Å². The van der Waals surface area contributed by atoms with Crippen LogP contribution in [0.3, 0.4) is 0 Å². The molecule has 0 saturated carbocycles. The van der Waals surface area contributed by atoms with E-state index >= 15 is 0 Å². The Morgan fingerprint density at radius 2 is 1.52 bits per heavy atom. The van der Waals surface area contributed by atoms with Gasteiger partial charge in [0.15, 0.2) is 0 Å². The van der Waals surface area contributed by atoms with Gasteiger partial charge in [0.1, 0.15) is 0 Å². The van der Waals surface area contributed by atoms with Gasteiger partial charge in [0.25, 0.3) is 0 Å². The number of unbranched alkanes of at least 4 members (excludes halogenated alkanes) is 4. The van der Waals surface area contributed by atoms with E-state index in [9.17, 15) is 5.26 Å². The van der Waals surface area contributed by atoms with Gasteiger partial charge in [-0.3, -0.25) is 0 Å². The predicted octanol–water partition coefficient (Wildman–Crippen LogP) is 3.67. The second-order valence-corrected chi connectivity index (χ2v) is 5.19. The molecule has 1 rings (SSSR count). The van der Waals surface area contributed by atoms with E-state index < -0.39 is 7.12 Å². The molecule has 1 aromatic rings. The lowest BCUT2D eigenvalue weighted by Crippen LogP contribution is -2.39. The van der Waals surface area contributed by atoms with Crippen LogP contribution in [-0.2, 0) is 9.31 Å². The summed E-state index contributed by atoms with van der Waals surface area (Å²) >= 11 is 0. The van der Waals surface area contributed by atoms with Crippen molar-refractivity contribution in [3.63, 3.8) is 0 Å². The second kappa shape index (κ2) is 11.4. The van der Waals surface area contributed by atoms with Gasteiger partial charge in [-0.05, 0) is 18.9 Å². The summed E-state index contributed by atoms with van der Waals surface area (Å²) in [5, 5.41) is 9.23. The molecule has 0 spiro atoms. The molecule has 0 saturated heterocycles. The van der Waals surface area contributed by atoms with Gasteiger partial charge in [0.05, 0.1) is 11.6 Å². The van der Waals surface area contributed by atoms with Crippen LogP contribution < -0.4 is 5.46 Å². The maximum absolute atomic E-state index is 9.23. The zero-order valence-corrected chi connectivity index (χ0v) is 13.3. The van der Waals surface area contributed by atoms with E-state index in [-0.39, 0.29) is 0 Å². The number of rotatable bonds is 11. The molecule has 0 N–H and O–H groups in total. The van der Waals surface area contributed by atoms with Gasteiger partial charge in [-0.15, -0.1) is 0 Å². The SMILES string of the molecule is CCCCCOB(OCCCCC)c1ccccc1C#N. The van der Waals surface area contributed by atoms with E-state index in [4.69, 9.17) is 9.31 Å². The molecule has 0 aromatic heterocycles. The Hall–Kier alpha value is -1.31. The first-order valence-electron chi connectivity index (χ1n) is 8.05. The fourth-order valence-corrected chi connectivity index (χ4v) is 2.12. The van der Waals surface area contributed by atoms with Crippen LogP contribution in [0.4, 0.5) is 0 Å². The van der Waals surface area contributed by atoms with Gasteiger partial charge in [0, 0.05) is 18.7 Å². The normalized spacial score (nSPS) is 10.3. The highest BCUT2D eigenvalue weighted by Crippen LogP contribution is 2.04. The molecule has 0 aliphatic heterocycles. The van der Waals surface area contributed by atoms with Crippen LogP contribution in [0.25, 0.3) is 0 Å². The first-order chi connectivity index (χ1) is 10.3. The van der Waals surface area contributed by atoms with E-state index in [0.29, 0.717) is 18.8 Å². The Bertz CT molecular complexity index is 419. The molecule has 0 unspecified atom stereocenters. The molecule has 0 bridgehead atoms. The summed E-state index contributed by atoms with van der Waals surface area (Å²) in [5.41, 5.74) is 1.47. The molecule has 0 fully saturated rings. The fourth-order valence-electron chi connectivity index (χ4n) is 2.12. The van der Waals surface area contributed by atoms with Crippen molar-refractivity contribution >= 4 is 12.6 Å². The number of hydrogen-bond donors (Lipinski definition) is 0. The summed E-state index contributed by atoms with van der Waals surface area (Å²) in [6.45, 7) is 5.69. The molecule has 1 aromatic carbocycles. The first kappa shape index (κ1) is 17.7. The van der Waals surface area contributed by atoms with Crippen LogP contribution in [-0.4, -0.2) is 20.3 Å². The minimum absolute atomic E-state index is 0.422. The molecule has 0 aliphatic rings. The lowest BCUT2D eigenvalue weighted by atomic mass is 9.76. The monoisotopic (exact) mass is 287 g/mol. The molecule has 21 heavy (non-hydrogen) atoms. The number of nitrogens with zero attached hydrogens (tertiary/aromatic N) is 1. The third-order valence-electron chi connectivity index (χ3n) is 3.37. The summed E-state index contributed by atoms with van der Waals surface area (Å²) in [6, 6.07) is 9.74. The van der Waals surface area contributed by atoms with Crippen LogP contribution in [0, 0.1) is 11.3 Å². The molecule has 0 amide bonds. The predicted molar refractivity (Wildman–Crippen MR) is 87.5 cm³/mol. The number of nitriles is 1. The minimum Gasteiger partial charge on any atom is -0.407 e. The Morgan fingerprint density at radius 1 is 0.952 bits per heavy atom. The Morgan fingerprint density at radius 3 is 2.05 bits per heavy atom. The zero-order chi connectivity index (χ0) is 15.3. The highest BCUT2D eigenvalue weighted by molar-refractivity contribution is 6.62. The van der Waals surface area contributed by atoms with Crippen molar-refractivity contribution in [3.05, 3.63) is 29.8 Å². The van der Waals surface area contributed by atoms with E-state index in [1.807, 2.05) is 24.3 Å². The topological polar surface area (TPSA) is 42.2 Å². The summed E-state index contributed by atoms with van der Waals surface area (Å²) in [7, 11) is -0.422. The smallest absolute Gasteiger partial charge is 0.407 e. The standard InChI is InChI=1S/C17H26BNO2/c1-3-5-9-13-20-18(21-14-10-6-4-2)17-12-8-7-11-16(17)15-19/h7-8,11-12H,3-6,9-10,13-14H2,1-2H3. The van der Waals surface area contributed by atoms with Crippen LogP contribution in [0.15, 0.2) is 24.3 Å². The first-order valence-corrected chi connectivity index (χ1v) is 8.05. The van der Waals surface area contributed by atoms with Gasteiger partial charge in [0.2, 0.25) is 0 Å². The average Bonchev–Trinajstić information content (AvgIpc) is 2.53. The van der Waals surface area contributed by atoms with Crippen molar-refractivity contribution in [2.75, 3.05) is 13.2 Å². The summed E-state index contributed by atoms with van der Waals surface area (Å²) in [5.74, 6) is 0. The summed E-state index contributed by atoms with van der Waals surface area (Å²) in [6.07, 6.45) is 6.70. The second-order valence-electron chi connectivity index (χ2n) is 5.19. The molecule has 0 atom stereocenters. The largest absolute Gasteiger partial charge is 0.495 e. The summed E-state index contributed by atoms with van der Waals surface area (Å²) in [4.78, 5) is 0. The lowest BCUT2D eigenvalue weighted by Gasteiger charge is -2.16. The van der Waals surface area contributed by atoms with Gasteiger partial charge >= 0.3 is 7.12 Å². The van der Waals surface area contributed by atoms with Gasteiger partial charge in [-0.25, -0.2) is 0 Å². The quantitative estimate of drug-likeness (QED) is 0.460. The maximum atomic E-state index is 9.23. The highest BCUT2D eigenvalue weighted by Gasteiger charge is 2.24. The van der Waals surface area contributed by atoms with Gasteiger partial charge < -0.3 is 9.31 Å². The Kier molecular flexibility index (Phi) is 9.60. The van der Waals surface area contributed by atoms with E-state index in [1.54, 1.807) is 0 Å². The lowest BCUT2D eigenvalue weighted by molar-refractivity contribution is 0.200. The highest BCUT2D eigenvalue weighted by atomic mass is 16.6. The average molecular weight is 287 g/mol. The molecule has 114 valence electrons. The fraction of sp³-hybridized carbons (Fsp3) is 0.588. The van der Waals surface area contributed by atoms with Crippen LogP contribution in [0.2, 0.25) is 0 Å². The number of benzene rings is 1. The molecule has 0 radical (unpaired) electrons. The maximum Gasteiger partial charge on any atom is 0.495 e. The van der Waals surface area contributed by atoms with Crippen LogP contribution >= 0.6 is 0 Å². The van der Waals surface area contributed by atoms with Crippen molar-refractivity contribution in [2.45, 2.75) is 52.4 Å². The minimum atomic E-state index is -0.422. The zero-order valence-electron chi connectivity index (χ0n) is 13.3. The molecule has 4 heteroatoms. The van der Waals surface area contributed by atoms with E-state index in [2.05, 4.69) is 19.9 Å². The third-order valence-corrected chi connectivity index (χ3v) is 3.37. The van der Waals surface area contributed by atoms with E-state index in [0.717, 1.165) is 31.1 Å². The molecular formula is C17H26BNO2. The number of hydrogen-bond acceptors (Lipinski definition) is 3. The van der Waals surface area contributed by atoms with Crippen molar-refractivity contribution in [2.24, 2.45) is 0 Å². The van der Waals surface area contributed by atoms with Crippen LogP contribution in [0.1, 0.15) is 57.9 Å². The molecular weight excluding hydrogens is 261 g/mol. The van der Waals surface area contributed by atoms with Crippen molar-refractivity contribution < 1.29 is 9.31 Å².